The van der Waals surface area contributed by atoms with Gasteiger partial charge in [0, 0.05) is 9.35 Å². The predicted octanol–water partition coefficient (Wildman–Crippen LogP) is 4.10. The van der Waals surface area contributed by atoms with E-state index in [0.29, 0.717) is 5.56 Å². The molecule has 2 aromatic rings. The lowest BCUT2D eigenvalue weighted by atomic mass is 10.1. The van der Waals surface area contributed by atoms with Crippen LogP contribution in [0.2, 0.25) is 0 Å². The fourth-order valence-corrected chi connectivity index (χ4v) is 3.81. The lowest BCUT2D eigenvalue weighted by Crippen LogP contribution is -2.29. The highest BCUT2D eigenvalue weighted by atomic mass is 79.9. The first-order valence-electron chi connectivity index (χ1n) is 4.88. The summed E-state index contributed by atoms with van der Waals surface area (Å²) < 4.78 is 27.6. The van der Waals surface area contributed by atoms with E-state index in [4.69, 9.17) is 5.84 Å². The molecule has 1 aromatic carbocycles. The highest BCUT2D eigenvalue weighted by molar-refractivity contribution is 9.10. The van der Waals surface area contributed by atoms with Crippen LogP contribution in [0.5, 0.6) is 0 Å². The summed E-state index contributed by atoms with van der Waals surface area (Å²) in [6.07, 6.45) is 0. The maximum atomic E-state index is 13.5. The molecular formula is C11H8Br2F2N2S. The Bertz CT molecular complexity index is 574. The van der Waals surface area contributed by atoms with Crippen LogP contribution in [-0.2, 0) is 0 Å². The van der Waals surface area contributed by atoms with E-state index in [9.17, 15) is 8.78 Å². The van der Waals surface area contributed by atoms with Crippen LogP contribution in [-0.4, -0.2) is 0 Å². The van der Waals surface area contributed by atoms with Crippen LogP contribution in [0.25, 0.3) is 0 Å². The fraction of sp³-hybridized carbons (Fsp3) is 0.0909. The minimum atomic E-state index is -0.916. The minimum Gasteiger partial charge on any atom is -0.271 e. The topological polar surface area (TPSA) is 38.0 Å². The second-order valence-electron chi connectivity index (χ2n) is 3.50. The van der Waals surface area contributed by atoms with Crippen molar-refractivity contribution in [1.29, 1.82) is 0 Å². The van der Waals surface area contributed by atoms with E-state index in [2.05, 4.69) is 37.3 Å². The molecule has 96 valence electrons. The third-order valence-electron chi connectivity index (χ3n) is 2.45. The zero-order valence-electron chi connectivity index (χ0n) is 8.88. The summed E-state index contributed by atoms with van der Waals surface area (Å²) in [5.41, 5.74) is 3.15. The SMILES string of the molecule is NNC(c1ccc(F)c(F)c1Br)c1sccc1Br. The van der Waals surface area contributed by atoms with Crippen LogP contribution in [0.1, 0.15) is 16.5 Å². The summed E-state index contributed by atoms with van der Waals surface area (Å²) in [6.45, 7) is 0. The molecule has 1 aromatic heterocycles. The van der Waals surface area contributed by atoms with Gasteiger partial charge in [0.05, 0.1) is 10.5 Å². The Morgan fingerprint density at radius 3 is 2.50 bits per heavy atom. The van der Waals surface area contributed by atoms with Gasteiger partial charge in [0.15, 0.2) is 11.6 Å². The van der Waals surface area contributed by atoms with Gasteiger partial charge in [-0.3, -0.25) is 5.84 Å². The fourth-order valence-electron chi connectivity index (χ4n) is 1.58. The lowest BCUT2D eigenvalue weighted by Gasteiger charge is -2.17. The van der Waals surface area contributed by atoms with E-state index in [0.717, 1.165) is 15.4 Å². The van der Waals surface area contributed by atoms with E-state index < -0.39 is 17.7 Å². The number of hydrazine groups is 1. The summed E-state index contributed by atoms with van der Waals surface area (Å²) in [5.74, 6) is 3.71. The van der Waals surface area contributed by atoms with Crippen molar-refractivity contribution in [1.82, 2.24) is 5.43 Å². The first-order valence-corrected chi connectivity index (χ1v) is 7.35. The van der Waals surface area contributed by atoms with Crippen molar-refractivity contribution in [3.05, 3.63) is 54.6 Å². The van der Waals surface area contributed by atoms with Gasteiger partial charge in [-0.1, -0.05) is 6.07 Å². The molecule has 0 fully saturated rings. The molecule has 2 rings (SSSR count). The van der Waals surface area contributed by atoms with Gasteiger partial charge in [-0.15, -0.1) is 11.3 Å². The number of nitrogens with two attached hydrogens (primary N) is 1. The third kappa shape index (κ3) is 2.50. The number of halogens is 4. The van der Waals surface area contributed by atoms with Gasteiger partial charge in [0.1, 0.15) is 0 Å². The van der Waals surface area contributed by atoms with Crippen LogP contribution < -0.4 is 11.3 Å². The van der Waals surface area contributed by atoms with E-state index in [1.807, 2.05) is 11.4 Å². The monoisotopic (exact) mass is 396 g/mol. The average molecular weight is 398 g/mol. The normalized spacial score (nSPS) is 12.7. The maximum absolute atomic E-state index is 13.5. The molecule has 3 N–H and O–H groups in total. The Labute approximate surface area is 123 Å². The molecule has 0 saturated heterocycles. The number of hydrogen-bond donors (Lipinski definition) is 2. The first kappa shape index (κ1) is 14.1. The van der Waals surface area contributed by atoms with Crippen LogP contribution in [0.3, 0.4) is 0 Å². The Balaban J connectivity index is 2.53. The van der Waals surface area contributed by atoms with Crippen molar-refractivity contribution in [2.45, 2.75) is 6.04 Å². The number of benzene rings is 1. The van der Waals surface area contributed by atoms with Crippen LogP contribution in [0, 0.1) is 11.6 Å². The van der Waals surface area contributed by atoms with Crippen LogP contribution in [0.15, 0.2) is 32.5 Å². The van der Waals surface area contributed by atoms with E-state index in [-0.39, 0.29) is 4.47 Å². The molecule has 0 aliphatic rings. The molecule has 7 heteroatoms. The standard InChI is InChI=1S/C11H8Br2F2N2S/c12-6-3-4-18-11(6)10(17-16)5-1-2-7(14)9(15)8(5)13/h1-4,10,17H,16H2. The molecule has 1 unspecified atom stereocenters. The van der Waals surface area contributed by atoms with E-state index in [1.54, 1.807) is 0 Å². The lowest BCUT2D eigenvalue weighted by molar-refractivity contribution is 0.499. The van der Waals surface area contributed by atoms with Crippen LogP contribution >= 0.6 is 43.2 Å². The second kappa shape index (κ2) is 5.75. The van der Waals surface area contributed by atoms with Gasteiger partial charge in [0.2, 0.25) is 0 Å². The molecule has 18 heavy (non-hydrogen) atoms. The van der Waals surface area contributed by atoms with E-state index >= 15 is 0 Å². The molecule has 0 aliphatic heterocycles. The summed E-state index contributed by atoms with van der Waals surface area (Å²) in [4.78, 5) is 0.893. The van der Waals surface area contributed by atoms with Gasteiger partial charge in [-0.2, -0.15) is 0 Å². The molecule has 2 nitrogen and oxygen atoms in total. The highest BCUT2D eigenvalue weighted by Gasteiger charge is 2.22. The summed E-state index contributed by atoms with van der Waals surface area (Å²) in [6, 6.07) is 4.04. The van der Waals surface area contributed by atoms with Gasteiger partial charge in [-0.05, 0) is 54.9 Å². The van der Waals surface area contributed by atoms with Crippen molar-refractivity contribution >= 4 is 43.2 Å². The highest BCUT2D eigenvalue weighted by Crippen LogP contribution is 2.36. The minimum absolute atomic E-state index is 0.0748. The zero-order valence-corrected chi connectivity index (χ0v) is 12.9. The molecule has 0 radical (unpaired) electrons. The third-order valence-corrected chi connectivity index (χ3v) is 5.19. The predicted molar refractivity (Wildman–Crippen MR) is 75.2 cm³/mol. The van der Waals surface area contributed by atoms with Crippen molar-refractivity contribution in [2.75, 3.05) is 0 Å². The van der Waals surface area contributed by atoms with Crippen molar-refractivity contribution in [2.24, 2.45) is 5.84 Å². The molecule has 0 bridgehead atoms. The molecule has 0 spiro atoms. The summed E-state index contributed by atoms with van der Waals surface area (Å²) in [5, 5.41) is 1.89. The Morgan fingerprint density at radius 1 is 1.22 bits per heavy atom. The Hall–Kier alpha value is -0.340. The second-order valence-corrected chi connectivity index (χ2v) is 6.09. The maximum Gasteiger partial charge on any atom is 0.173 e. The number of thiophene rings is 1. The molecular weight excluding hydrogens is 390 g/mol. The van der Waals surface area contributed by atoms with Gasteiger partial charge < -0.3 is 0 Å². The quantitative estimate of drug-likeness (QED) is 0.464. The Morgan fingerprint density at radius 2 is 1.94 bits per heavy atom. The van der Waals surface area contributed by atoms with Crippen molar-refractivity contribution in [3.8, 4) is 0 Å². The smallest absolute Gasteiger partial charge is 0.173 e. The number of rotatable bonds is 3. The van der Waals surface area contributed by atoms with Crippen LogP contribution in [0.4, 0.5) is 8.78 Å². The molecule has 0 aliphatic carbocycles. The van der Waals surface area contributed by atoms with E-state index in [1.165, 1.54) is 17.4 Å². The zero-order chi connectivity index (χ0) is 13.3. The molecule has 1 atom stereocenters. The van der Waals surface area contributed by atoms with Gasteiger partial charge in [-0.25, -0.2) is 14.2 Å². The number of nitrogens with one attached hydrogen (secondary N) is 1. The molecule has 0 saturated carbocycles. The summed E-state index contributed by atoms with van der Waals surface area (Å²) in [7, 11) is 0. The molecule has 1 heterocycles. The average Bonchev–Trinajstić information content (AvgIpc) is 2.77. The van der Waals surface area contributed by atoms with Gasteiger partial charge in [0.25, 0.3) is 0 Å². The van der Waals surface area contributed by atoms with Gasteiger partial charge >= 0.3 is 0 Å². The van der Waals surface area contributed by atoms with Crippen molar-refractivity contribution < 1.29 is 8.78 Å². The molecule has 0 amide bonds. The number of hydrogen-bond acceptors (Lipinski definition) is 3. The summed E-state index contributed by atoms with van der Waals surface area (Å²) >= 11 is 7.93. The van der Waals surface area contributed by atoms with Crippen molar-refractivity contribution in [3.63, 3.8) is 0 Å². The Kier molecular flexibility index (Phi) is 4.50. The largest absolute Gasteiger partial charge is 0.271 e. The first-order chi connectivity index (χ1) is 8.56.